The number of rotatable bonds is 0. The third kappa shape index (κ3) is 0. The fraction of sp³-hybridized carbons (Fsp3) is 1.00. The molecule has 0 aliphatic carbocycles. The Hall–Kier alpha value is 0. The Kier molecular flexibility index (Phi) is 1840. The molecular formula is C62H174. The lowest BCUT2D eigenvalue weighted by atomic mass is 10.3. The lowest BCUT2D eigenvalue weighted by Crippen LogP contribution is -1.66. The van der Waals surface area contributed by atoms with Crippen molar-refractivity contribution in [2.45, 2.75) is 388 Å². The molecule has 0 N–H and O–H groups in total. The molecule has 0 aromatic carbocycles. The first-order valence-corrected chi connectivity index (χ1v) is 29.4. The Balaban J connectivity index is -0.0000000101. The van der Waals surface area contributed by atoms with Gasteiger partial charge in [0.25, 0.3) is 0 Å². The topological polar surface area (TPSA) is 0 Å². The molecule has 62 heavy (non-hydrogen) atoms. The van der Waals surface area contributed by atoms with Crippen LogP contribution in [-0.2, 0) is 0 Å². The molecule has 0 aromatic heterocycles. The normalized spacial score (nSPS) is 5.32. The van der Waals surface area contributed by atoms with E-state index in [0.717, 1.165) is 35.5 Å². The van der Waals surface area contributed by atoms with Gasteiger partial charge in [-0.1, -0.05) is 388 Å². The standard InChI is InChI=1S/6C4H10.19C2H6/c6*1-4(2)3;19*1-2/h6*4H,1-3H3;19*1-2H3. The summed E-state index contributed by atoms with van der Waals surface area (Å²) in [6, 6.07) is 0. The predicted octanol–water partition coefficient (Wildman–Crippen LogP) is 29.5. The first-order valence-electron chi connectivity index (χ1n) is 29.4. The average molecular weight is 920 g/mol. The molecular weight excluding hydrogens is 745 g/mol. The summed E-state index contributed by atoms with van der Waals surface area (Å²) >= 11 is 0. The summed E-state index contributed by atoms with van der Waals surface area (Å²) in [6.07, 6.45) is 0. The van der Waals surface area contributed by atoms with Crippen LogP contribution < -0.4 is 0 Å². The average Bonchev–Trinajstić information content (AvgIpc) is 3.32. The highest BCUT2D eigenvalue weighted by Crippen LogP contribution is 1.83. The summed E-state index contributed by atoms with van der Waals surface area (Å²) in [6.45, 7) is 115. The van der Waals surface area contributed by atoms with Crippen LogP contribution in [0.4, 0.5) is 0 Å². The van der Waals surface area contributed by atoms with Gasteiger partial charge in [0.05, 0.1) is 0 Å². The van der Waals surface area contributed by atoms with E-state index in [0.29, 0.717) is 0 Å². The molecule has 0 bridgehead atoms. The molecule has 0 unspecified atom stereocenters. The van der Waals surface area contributed by atoms with Gasteiger partial charge in [-0.05, 0) is 35.5 Å². The summed E-state index contributed by atoms with van der Waals surface area (Å²) < 4.78 is 0. The van der Waals surface area contributed by atoms with Gasteiger partial charge in [-0.3, -0.25) is 0 Å². The Bertz CT molecular complexity index is 75.1. The minimum absolute atomic E-state index is 0.833. The van der Waals surface area contributed by atoms with Gasteiger partial charge in [0.15, 0.2) is 0 Å². The zero-order valence-electron chi connectivity index (χ0n) is 59.5. The van der Waals surface area contributed by atoms with Crippen LogP contribution in [0.2, 0.25) is 0 Å². The molecule has 0 nitrogen and oxygen atoms in total. The van der Waals surface area contributed by atoms with E-state index in [1.54, 1.807) is 0 Å². The number of hydrogen-bond acceptors (Lipinski definition) is 0. The third-order valence-electron chi connectivity index (χ3n) is 0. The van der Waals surface area contributed by atoms with Crippen LogP contribution in [0.25, 0.3) is 0 Å². The molecule has 422 valence electrons. The second kappa shape index (κ2) is 678. The molecule has 0 radical (unpaired) electrons. The van der Waals surface area contributed by atoms with Crippen LogP contribution in [0, 0.1) is 35.5 Å². The maximum Gasteiger partial charge on any atom is -0.0500 e. The van der Waals surface area contributed by atoms with Crippen LogP contribution in [-0.4, -0.2) is 0 Å². The molecule has 0 atom stereocenters. The highest BCUT2D eigenvalue weighted by molar-refractivity contribution is 4.22. The van der Waals surface area contributed by atoms with E-state index in [-0.39, 0.29) is 0 Å². The maximum absolute atomic E-state index is 2.17. The second-order valence-corrected chi connectivity index (χ2v) is 10.4. The van der Waals surface area contributed by atoms with Crippen molar-refractivity contribution in [1.29, 1.82) is 0 Å². The second-order valence-electron chi connectivity index (χ2n) is 10.4. The first kappa shape index (κ1) is 169. The summed E-state index contributed by atoms with van der Waals surface area (Å²) in [5.41, 5.74) is 0. The summed E-state index contributed by atoms with van der Waals surface area (Å²) in [5.74, 6) is 5.00. The van der Waals surface area contributed by atoms with Crippen LogP contribution >= 0.6 is 0 Å². The molecule has 0 rings (SSSR count). The first-order chi connectivity index (χ1) is 29.4. The van der Waals surface area contributed by atoms with Crippen molar-refractivity contribution >= 4 is 0 Å². The minimum atomic E-state index is 0.833. The fourth-order valence-electron chi connectivity index (χ4n) is 0. The molecule has 0 fully saturated rings. The predicted molar refractivity (Wildman–Crippen MR) is 339 cm³/mol. The Morgan fingerprint density at radius 3 is 0.0806 bits per heavy atom. The monoisotopic (exact) mass is 919 g/mol. The fourth-order valence-corrected chi connectivity index (χ4v) is 0. The largest absolute Gasteiger partial charge is 0.0683 e. The van der Waals surface area contributed by atoms with Crippen molar-refractivity contribution in [1.82, 2.24) is 0 Å². The van der Waals surface area contributed by atoms with E-state index in [1.807, 2.05) is 263 Å². The Morgan fingerprint density at radius 2 is 0.0806 bits per heavy atom. The molecule has 0 aliphatic rings. The van der Waals surface area contributed by atoms with Gasteiger partial charge in [-0.2, -0.15) is 0 Å². The molecule has 0 spiro atoms. The quantitative estimate of drug-likeness (QED) is 0.227. The highest BCUT2D eigenvalue weighted by atomic mass is 13.8. The van der Waals surface area contributed by atoms with E-state index >= 15 is 0 Å². The van der Waals surface area contributed by atoms with Crippen LogP contribution in [0.15, 0.2) is 0 Å². The van der Waals surface area contributed by atoms with E-state index < -0.39 is 0 Å². The summed E-state index contributed by atoms with van der Waals surface area (Å²) in [4.78, 5) is 0. The smallest absolute Gasteiger partial charge is 0.0500 e. The van der Waals surface area contributed by atoms with Crippen LogP contribution in [0.5, 0.6) is 0 Å². The van der Waals surface area contributed by atoms with Crippen molar-refractivity contribution in [2.75, 3.05) is 0 Å². The molecule has 0 amide bonds. The molecule has 0 aliphatic heterocycles. The lowest BCUT2D eigenvalue weighted by molar-refractivity contribution is 0.736. The summed E-state index contributed by atoms with van der Waals surface area (Å²) in [5, 5.41) is 0. The maximum atomic E-state index is 2.17. The third-order valence-corrected chi connectivity index (χ3v) is 0. The van der Waals surface area contributed by atoms with E-state index in [9.17, 15) is 0 Å². The van der Waals surface area contributed by atoms with Gasteiger partial charge in [0.1, 0.15) is 0 Å². The van der Waals surface area contributed by atoms with Crippen LogP contribution in [0.1, 0.15) is 388 Å². The molecule has 0 saturated heterocycles. The minimum Gasteiger partial charge on any atom is -0.0683 e. The molecule has 0 heteroatoms. The van der Waals surface area contributed by atoms with Crippen molar-refractivity contribution < 1.29 is 0 Å². The van der Waals surface area contributed by atoms with Crippen molar-refractivity contribution in [3.63, 3.8) is 0 Å². The van der Waals surface area contributed by atoms with Gasteiger partial charge >= 0.3 is 0 Å². The zero-order chi connectivity index (χ0) is 59.5. The summed E-state index contributed by atoms with van der Waals surface area (Å²) in [7, 11) is 0. The lowest BCUT2D eigenvalue weighted by Gasteiger charge is -1.79. The van der Waals surface area contributed by atoms with Crippen molar-refractivity contribution in [3.05, 3.63) is 0 Å². The van der Waals surface area contributed by atoms with E-state index in [4.69, 9.17) is 0 Å². The molecule has 0 aromatic rings. The Labute approximate surface area is 421 Å². The van der Waals surface area contributed by atoms with E-state index in [2.05, 4.69) is 125 Å². The zero-order valence-corrected chi connectivity index (χ0v) is 59.5. The van der Waals surface area contributed by atoms with Gasteiger partial charge in [0.2, 0.25) is 0 Å². The van der Waals surface area contributed by atoms with Gasteiger partial charge in [-0.15, -0.1) is 0 Å². The number of hydrogen-bond donors (Lipinski definition) is 0. The Morgan fingerprint density at radius 1 is 0.0806 bits per heavy atom. The van der Waals surface area contributed by atoms with Gasteiger partial charge < -0.3 is 0 Å². The van der Waals surface area contributed by atoms with Crippen molar-refractivity contribution in [2.24, 2.45) is 35.5 Å². The SMILES string of the molecule is CC.CC.CC.CC.CC.CC.CC.CC.CC.CC.CC.CC.CC.CC.CC.CC.CC.CC.CC.CC(C)C.CC(C)C.CC(C)C.CC(C)C.CC(C)C.CC(C)C. The highest BCUT2D eigenvalue weighted by Gasteiger charge is 1.70. The molecule has 0 saturated carbocycles. The van der Waals surface area contributed by atoms with Crippen molar-refractivity contribution in [3.8, 4) is 0 Å². The van der Waals surface area contributed by atoms with Gasteiger partial charge in [-0.25, -0.2) is 0 Å². The van der Waals surface area contributed by atoms with E-state index in [1.165, 1.54) is 0 Å². The molecule has 0 heterocycles. The van der Waals surface area contributed by atoms with Gasteiger partial charge in [0, 0.05) is 0 Å². The van der Waals surface area contributed by atoms with Crippen LogP contribution in [0.3, 0.4) is 0 Å².